The predicted octanol–water partition coefficient (Wildman–Crippen LogP) is 1.69. The molecule has 1 saturated heterocycles. The maximum atomic E-state index is 4.43. The second kappa shape index (κ2) is 3.32. The van der Waals surface area contributed by atoms with Gasteiger partial charge in [-0.25, -0.2) is 9.97 Å². The van der Waals surface area contributed by atoms with Crippen LogP contribution in [-0.2, 0) is 0 Å². The van der Waals surface area contributed by atoms with E-state index < -0.39 is 0 Å². The van der Waals surface area contributed by atoms with E-state index in [4.69, 9.17) is 0 Å². The lowest BCUT2D eigenvalue weighted by Crippen LogP contribution is -2.20. The first-order chi connectivity index (χ1) is 6.25. The summed E-state index contributed by atoms with van der Waals surface area (Å²) >= 11 is 0. The summed E-state index contributed by atoms with van der Waals surface area (Å²) in [6.07, 6.45) is 2.55. The minimum atomic E-state index is 0.912. The Kier molecular flexibility index (Phi) is 2.17. The van der Waals surface area contributed by atoms with Crippen LogP contribution in [0.25, 0.3) is 0 Å². The van der Waals surface area contributed by atoms with Gasteiger partial charge in [-0.3, -0.25) is 0 Å². The van der Waals surface area contributed by atoms with E-state index in [1.165, 1.54) is 12.8 Å². The number of nitrogens with zero attached hydrogens (tertiary/aromatic N) is 3. The second-order valence-corrected chi connectivity index (χ2v) is 3.64. The Labute approximate surface area is 78.8 Å². The summed E-state index contributed by atoms with van der Waals surface area (Å²) in [5.41, 5.74) is 2.13. The van der Waals surface area contributed by atoms with Crippen LogP contribution in [0.15, 0.2) is 6.07 Å². The SMILES string of the molecule is Cc1cc(C)nc(N2CCCC2)n1. The van der Waals surface area contributed by atoms with Gasteiger partial charge in [-0.05, 0) is 32.8 Å². The van der Waals surface area contributed by atoms with Gasteiger partial charge in [0.15, 0.2) is 0 Å². The molecule has 2 rings (SSSR count). The van der Waals surface area contributed by atoms with Crippen LogP contribution in [0.1, 0.15) is 24.2 Å². The molecular formula is C10H15N3. The van der Waals surface area contributed by atoms with Crippen molar-refractivity contribution in [2.45, 2.75) is 26.7 Å². The molecule has 0 N–H and O–H groups in total. The van der Waals surface area contributed by atoms with Crippen LogP contribution >= 0.6 is 0 Å². The Balaban J connectivity index is 2.28. The Morgan fingerprint density at radius 2 is 1.62 bits per heavy atom. The zero-order valence-corrected chi connectivity index (χ0v) is 8.25. The van der Waals surface area contributed by atoms with Gasteiger partial charge >= 0.3 is 0 Å². The first-order valence-electron chi connectivity index (χ1n) is 4.83. The van der Waals surface area contributed by atoms with Crippen molar-refractivity contribution in [3.8, 4) is 0 Å². The van der Waals surface area contributed by atoms with Gasteiger partial charge in [-0.2, -0.15) is 0 Å². The summed E-state index contributed by atoms with van der Waals surface area (Å²) < 4.78 is 0. The van der Waals surface area contributed by atoms with Crippen LogP contribution in [0.5, 0.6) is 0 Å². The molecule has 0 aliphatic carbocycles. The van der Waals surface area contributed by atoms with Gasteiger partial charge in [0.25, 0.3) is 0 Å². The van der Waals surface area contributed by atoms with Crippen molar-refractivity contribution in [2.24, 2.45) is 0 Å². The van der Waals surface area contributed by atoms with Crippen LogP contribution in [0, 0.1) is 13.8 Å². The molecule has 13 heavy (non-hydrogen) atoms. The lowest BCUT2D eigenvalue weighted by Gasteiger charge is -2.15. The van der Waals surface area contributed by atoms with Crippen molar-refractivity contribution in [3.05, 3.63) is 17.5 Å². The number of anilines is 1. The minimum absolute atomic E-state index is 0.912. The highest BCUT2D eigenvalue weighted by Gasteiger charge is 2.14. The molecule has 0 spiro atoms. The molecule has 3 heteroatoms. The Morgan fingerprint density at radius 1 is 1.08 bits per heavy atom. The maximum absolute atomic E-state index is 4.43. The molecule has 0 radical (unpaired) electrons. The van der Waals surface area contributed by atoms with Crippen molar-refractivity contribution in [3.63, 3.8) is 0 Å². The molecule has 1 aromatic heterocycles. The number of rotatable bonds is 1. The monoisotopic (exact) mass is 177 g/mol. The van der Waals surface area contributed by atoms with E-state index in [9.17, 15) is 0 Å². The van der Waals surface area contributed by atoms with Gasteiger partial charge in [-0.15, -0.1) is 0 Å². The first kappa shape index (κ1) is 8.48. The number of hydrogen-bond acceptors (Lipinski definition) is 3. The standard InChI is InChI=1S/C10H15N3/c1-8-7-9(2)12-10(11-8)13-5-3-4-6-13/h7H,3-6H2,1-2H3. The fourth-order valence-corrected chi connectivity index (χ4v) is 1.77. The van der Waals surface area contributed by atoms with Crippen LogP contribution in [-0.4, -0.2) is 23.1 Å². The zero-order chi connectivity index (χ0) is 9.26. The molecule has 3 nitrogen and oxygen atoms in total. The van der Waals surface area contributed by atoms with E-state index in [-0.39, 0.29) is 0 Å². The number of hydrogen-bond donors (Lipinski definition) is 0. The highest BCUT2D eigenvalue weighted by molar-refractivity contribution is 5.33. The Morgan fingerprint density at radius 3 is 2.15 bits per heavy atom. The van der Waals surface area contributed by atoms with Crippen LogP contribution in [0.2, 0.25) is 0 Å². The van der Waals surface area contributed by atoms with Crippen molar-refractivity contribution < 1.29 is 0 Å². The Hall–Kier alpha value is -1.12. The quantitative estimate of drug-likeness (QED) is 0.653. The third-order valence-electron chi connectivity index (χ3n) is 2.36. The molecule has 0 saturated carbocycles. The molecule has 1 fully saturated rings. The minimum Gasteiger partial charge on any atom is -0.341 e. The van der Waals surface area contributed by atoms with Crippen molar-refractivity contribution in [2.75, 3.05) is 18.0 Å². The average molecular weight is 177 g/mol. The van der Waals surface area contributed by atoms with Gasteiger partial charge in [0.05, 0.1) is 0 Å². The second-order valence-electron chi connectivity index (χ2n) is 3.64. The zero-order valence-electron chi connectivity index (χ0n) is 8.25. The van der Waals surface area contributed by atoms with Crippen molar-refractivity contribution in [1.82, 2.24) is 9.97 Å². The highest BCUT2D eigenvalue weighted by Crippen LogP contribution is 2.15. The molecule has 1 aliphatic rings. The van der Waals surface area contributed by atoms with Crippen molar-refractivity contribution >= 4 is 5.95 Å². The van der Waals surface area contributed by atoms with E-state index in [0.717, 1.165) is 30.4 Å². The van der Waals surface area contributed by atoms with E-state index >= 15 is 0 Å². The average Bonchev–Trinajstić information content (AvgIpc) is 2.53. The third-order valence-corrected chi connectivity index (χ3v) is 2.36. The highest BCUT2D eigenvalue weighted by atomic mass is 15.3. The van der Waals surface area contributed by atoms with Crippen LogP contribution < -0.4 is 4.90 Å². The summed E-state index contributed by atoms with van der Waals surface area (Å²) in [4.78, 5) is 11.1. The topological polar surface area (TPSA) is 29.0 Å². The molecule has 1 aliphatic heterocycles. The molecule has 2 heterocycles. The lowest BCUT2D eigenvalue weighted by molar-refractivity contribution is 0.878. The molecule has 0 unspecified atom stereocenters. The molecule has 1 aromatic rings. The summed E-state index contributed by atoms with van der Waals surface area (Å²) in [6, 6.07) is 2.01. The van der Waals surface area contributed by atoms with E-state index in [2.05, 4.69) is 14.9 Å². The predicted molar refractivity (Wildman–Crippen MR) is 53.0 cm³/mol. The molecule has 0 bridgehead atoms. The molecule has 0 aromatic carbocycles. The fraction of sp³-hybridized carbons (Fsp3) is 0.600. The van der Waals surface area contributed by atoms with Gasteiger partial charge in [0.1, 0.15) is 0 Å². The summed E-state index contributed by atoms with van der Waals surface area (Å²) in [5, 5.41) is 0. The van der Waals surface area contributed by atoms with Gasteiger partial charge in [0, 0.05) is 24.5 Å². The van der Waals surface area contributed by atoms with Gasteiger partial charge < -0.3 is 4.90 Å². The molecular weight excluding hydrogens is 162 g/mol. The lowest BCUT2D eigenvalue weighted by atomic mass is 10.3. The van der Waals surface area contributed by atoms with E-state index in [1.807, 2.05) is 19.9 Å². The van der Waals surface area contributed by atoms with Gasteiger partial charge in [-0.1, -0.05) is 0 Å². The summed E-state index contributed by atoms with van der Waals surface area (Å²) in [5.74, 6) is 0.912. The third kappa shape index (κ3) is 1.79. The number of aromatic nitrogens is 2. The van der Waals surface area contributed by atoms with E-state index in [1.54, 1.807) is 0 Å². The molecule has 0 amide bonds. The Bertz CT molecular complexity index is 283. The largest absolute Gasteiger partial charge is 0.341 e. The van der Waals surface area contributed by atoms with Crippen LogP contribution in [0.4, 0.5) is 5.95 Å². The first-order valence-corrected chi connectivity index (χ1v) is 4.83. The number of aryl methyl sites for hydroxylation is 2. The summed E-state index contributed by atoms with van der Waals surface area (Å²) in [7, 11) is 0. The molecule has 70 valence electrons. The maximum Gasteiger partial charge on any atom is 0.225 e. The normalized spacial score (nSPS) is 16.6. The van der Waals surface area contributed by atoms with E-state index in [0.29, 0.717) is 0 Å². The van der Waals surface area contributed by atoms with Crippen molar-refractivity contribution in [1.29, 1.82) is 0 Å². The molecule has 0 atom stereocenters. The smallest absolute Gasteiger partial charge is 0.225 e. The summed E-state index contributed by atoms with van der Waals surface area (Å²) in [6.45, 7) is 6.27. The van der Waals surface area contributed by atoms with Crippen LogP contribution in [0.3, 0.4) is 0 Å². The van der Waals surface area contributed by atoms with Gasteiger partial charge in [0.2, 0.25) is 5.95 Å². The fourth-order valence-electron chi connectivity index (χ4n) is 1.77.